The number of ether oxygens (including phenoxy) is 1. The zero-order chi connectivity index (χ0) is 31.1. The van der Waals surface area contributed by atoms with E-state index in [2.05, 4.69) is 10.6 Å². The molecule has 1 aromatic heterocycles. The summed E-state index contributed by atoms with van der Waals surface area (Å²) in [5, 5.41) is 16.8. The topological polar surface area (TPSA) is 128 Å². The van der Waals surface area contributed by atoms with E-state index in [4.69, 9.17) is 4.74 Å². The third-order valence-corrected chi connectivity index (χ3v) is 9.76. The van der Waals surface area contributed by atoms with Crippen LogP contribution in [0.3, 0.4) is 0 Å². The Morgan fingerprint density at radius 1 is 0.909 bits per heavy atom. The van der Waals surface area contributed by atoms with Crippen molar-refractivity contribution in [2.45, 2.75) is 48.7 Å². The summed E-state index contributed by atoms with van der Waals surface area (Å²) in [4.78, 5) is 52.2. The van der Waals surface area contributed by atoms with Crippen LogP contribution in [-0.2, 0) is 22.4 Å². The zero-order valence-corrected chi connectivity index (χ0v) is 25.7. The number of amides is 2. The number of nitro groups is 1. The highest BCUT2D eigenvalue weighted by Gasteiger charge is 2.29. The molecule has 1 unspecified atom stereocenters. The van der Waals surface area contributed by atoms with Crippen molar-refractivity contribution in [1.29, 1.82) is 0 Å². The Morgan fingerprint density at radius 3 is 2.41 bits per heavy atom. The third kappa shape index (κ3) is 7.35. The van der Waals surface area contributed by atoms with E-state index in [9.17, 15) is 24.5 Å². The maximum Gasteiger partial charge on any atom is 0.341 e. The summed E-state index contributed by atoms with van der Waals surface area (Å²) in [6.07, 6.45) is 5.91. The lowest BCUT2D eigenvalue weighted by atomic mass is 9.96. The minimum atomic E-state index is -0.672. The summed E-state index contributed by atoms with van der Waals surface area (Å²) in [6.45, 7) is 0. The maximum absolute atomic E-state index is 14.0. The molecule has 1 aliphatic rings. The second kappa shape index (κ2) is 14.3. The van der Waals surface area contributed by atoms with Crippen LogP contribution in [0.4, 0.5) is 16.4 Å². The summed E-state index contributed by atoms with van der Waals surface area (Å²) in [5.74, 6) is -1.22. The second-order valence-corrected chi connectivity index (χ2v) is 12.6. The lowest BCUT2D eigenvalue weighted by Crippen LogP contribution is -2.20. The summed E-state index contributed by atoms with van der Waals surface area (Å²) in [7, 11) is 1.36. The number of methoxy groups -OCH3 is 1. The molecule has 3 aromatic carbocycles. The molecular formula is C33H31N3O6S2. The van der Waals surface area contributed by atoms with Gasteiger partial charge in [0, 0.05) is 33.2 Å². The van der Waals surface area contributed by atoms with Gasteiger partial charge >= 0.3 is 5.97 Å². The molecule has 1 atom stereocenters. The van der Waals surface area contributed by atoms with E-state index in [1.165, 1.54) is 54.5 Å². The molecule has 0 saturated heterocycles. The van der Waals surface area contributed by atoms with Crippen molar-refractivity contribution in [1.82, 2.24) is 0 Å². The van der Waals surface area contributed by atoms with Crippen LogP contribution in [0, 0.1) is 10.1 Å². The Hall–Kier alpha value is -4.48. The Labute approximate surface area is 263 Å². The highest BCUT2D eigenvalue weighted by atomic mass is 32.2. The molecule has 1 heterocycles. The molecule has 0 saturated carbocycles. The van der Waals surface area contributed by atoms with Crippen molar-refractivity contribution in [2.24, 2.45) is 0 Å². The number of hydrogen-bond acceptors (Lipinski definition) is 8. The first-order valence-corrected chi connectivity index (χ1v) is 15.9. The van der Waals surface area contributed by atoms with Crippen LogP contribution >= 0.6 is 23.1 Å². The van der Waals surface area contributed by atoms with Crippen molar-refractivity contribution in [3.8, 4) is 0 Å². The fourth-order valence-electron chi connectivity index (χ4n) is 5.15. The molecule has 0 spiro atoms. The Balaban J connectivity index is 1.40. The first-order valence-electron chi connectivity index (χ1n) is 14.2. The minimum Gasteiger partial charge on any atom is -0.465 e. The van der Waals surface area contributed by atoms with Gasteiger partial charge < -0.3 is 15.4 Å². The predicted octanol–water partition coefficient (Wildman–Crippen LogP) is 7.83. The van der Waals surface area contributed by atoms with Crippen LogP contribution in [0.5, 0.6) is 0 Å². The van der Waals surface area contributed by atoms with Crippen LogP contribution in [-0.4, -0.2) is 29.8 Å². The number of fused-ring (bicyclic) bond motifs is 1. The molecule has 226 valence electrons. The van der Waals surface area contributed by atoms with Crippen LogP contribution in [0.2, 0.25) is 0 Å². The van der Waals surface area contributed by atoms with E-state index in [1.807, 2.05) is 36.4 Å². The highest BCUT2D eigenvalue weighted by molar-refractivity contribution is 8.00. The number of carbonyl (C=O) groups excluding carboxylic acids is 3. The number of thiophene rings is 1. The van der Waals surface area contributed by atoms with Gasteiger partial charge in [-0.1, -0.05) is 55.3 Å². The summed E-state index contributed by atoms with van der Waals surface area (Å²) in [6, 6.07) is 21.9. The summed E-state index contributed by atoms with van der Waals surface area (Å²) >= 11 is 2.76. The minimum absolute atomic E-state index is 0.158. The molecule has 2 amide bonds. The van der Waals surface area contributed by atoms with E-state index in [-0.39, 0.29) is 17.2 Å². The van der Waals surface area contributed by atoms with Crippen molar-refractivity contribution in [2.75, 3.05) is 17.7 Å². The number of carbonyl (C=O) groups is 3. The number of nitrogens with zero attached hydrogens (tertiary/aromatic N) is 1. The SMILES string of the molecule is COC(=O)c1c(NC(=O)C(Sc2cccc(NC(=O)c3cccc([N+](=O)[O-])c3)c2)c2ccccc2)sc2c1CCCCCC2. The lowest BCUT2D eigenvalue weighted by Gasteiger charge is -2.18. The van der Waals surface area contributed by atoms with E-state index in [0.717, 1.165) is 59.4 Å². The number of hydrogen-bond donors (Lipinski definition) is 2. The van der Waals surface area contributed by atoms with Crippen LogP contribution in [0.25, 0.3) is 0 Å². The smallest absolute Gasteiger partial charge is 0.341 e. The number of nitro benzene ring substituents is 1. The van der Waals surface area contributed by atoms with Gasteiger partial charge in [-0.15, -0.1) is 23.1 Å². The first-order chi connectivity index (χ1) is 21.3. The molecule has 11 heteroatoms. The molecule has 2 N–H and O–H groups in total. The van der Waals surface area contributed by atoms with Gasteiger partial charge in [-0.2, -0.15) is 0 Å². The average molecular weight is 630 g/mol. The molecule has 5 rings (SSSR count). The number of esters is 1. The molecule has 0 fully saturated rings. The fourth-order valence-corrected chi connectivity index (χ4v) is 7.51. The van der Waals surface area contributed by atoms with Gasteiger partial charge in [-0.3, -0.25) is 19.7 Å². The normalized spacial score (nSPS) is 13.5. The van der Waals surface area contributed by atoms with Gasteiger partial charge in [-0.25, -0.2) is 4.79 Å². The number of non-ortho nitro benzene ring substituents is 1. The van der Waals surface area contributed by atoms with Crippen LogP contribution in [0.1, 0.15) is 67.7 Å². The Kier molecular flexibility index (Phi) is 10.1. The Morgan fingerprint density at radius 2 is 1.66 bits per heavy atom. The Bertz CT molecular complexity index is 1690. The van der Waals surface area contributed by atoms with Gasteiger partial charge in [0.15, 0.2) is 0 Å². The molecular weight excluding hydrogens is 599 g/mol. The van der Waals surface area contributed by atoms with Crippen LogP contribution in [0.15, 0.2) is 83.8 Å². The van der Waals surface area contributed by atoms with Crippen molar-refractivity contribution >= 4 is 57.3 Å². The van der Waals surface area contributed by atoms with Crippen molar-refractivity contribution in [3.63, 3.8) is 0 Å². The van der Waals surface area contributed by atoms with Gasteiger partial charge in [-0.05, 0) is 61.1 Å². The highest BCUT2D eigenvalue weighted by Crippen LogP contribution is 2.41. The maximum atomic E-state index is 14.0. The number of aryl methyl sites for hydroxylation is 1. The standard InChI is InChI=1S/C33H31N3O6S2/c1-42-33(39)28-26-17-7-2-3-8-18-27(26)44-32(28)35-31(38)29(21-11-5-4-6-12-21)43-25-16-10-14-23(20-25)34-30(37)22-13-9-15-24(19-22)36(40)41/h4-6,9-16,19-20,29H,2-3,7-8,17-18H2,1H3,(H,34,37)(H,35,38). The number of benzene rings is 3. The van der Waals surface area contributed by atoms with Crippen molar-refractivity contribution in [3.05, 3.63) is 116 Å². The second-order valence-electron chi connectivity index (χ2n) is 10.3. The predicted molar refractivity (Wildman–Crippen MR) is 173 cm³/mol. The van der Waals surface area contributed by atoms with Crippen LogP contribution < -0.4 is 10.6 Å². The van der Waals surface area contributed by atoms with E-state index in [1.54, 1.807) is 18.2 Å². The van der Waals surface area contributed by atoms with Gasteiger partial charge in [0.2, 0.25) is 5.91 Å². The number of rotatable bonds is 9. The number of thioether (sulfide) groups is 1. The number of anilines is 2. The number of nitrogens with one attached hydrogen (secondary N) is 2. The quantitative estimate of drug-likeness (QED) is 0.0836. The molecule has 0 aliphatic heterocycles. The molecule has 4 aromatic rings. The molecule has 0 radical (unpaired) electrons. The molecule has 0 bridgehead atoms. The monoisotopic (exact) mass is 629 g/mol. The molecule has 44 heavy (non-hydrogen) atoms. The summed E-state index contributed by atoms with van der Waals surface area (Å²) in [5.41, 5.74) is 2.66. The average Bonchev–Trinajstić information content (AvgIpc) is 3.35. The lowest BCUT2D eigenvalue weighted by molar-refractivity contribution is -0.384. The van der Waals surface area contributed by atoms with Crippen molar-refractivity contribution < 1.29 is 24.0 Å². The van der Waals surface area contributed by atoms with Gasteiger partial charge in [0.25, 0.3) is 11.6 Å². The third-order valence-electron chi connectivity index (χ3n) is 7.30. The van der Waals surface area contributed by atoms with Gasteiger partial charge in [0.1, 0.15) is 10.3 Å². The largest absolute Gasteiger partial charge is 0.465 e. The molecule has 9 nitrogen and oxygen atoms in total. The van der Waals surface area contributed by atoms with E-state index in [0.29, 0.717) is 16.3 Å². The molecule has 1 aliphatic carbocycles. The fraction of sp³-hybridized carbons (Fsp3) is 0.242. The van der Waals surface area contributed by atoms with Gasteiger partial charge in [0.05, 0.1) is 17.6 Å². The zero-order valence-electron chi connectivity index (χ0n) is 24.0. The van der Waals surface area contributed by atoms with E-state index < -0.39 is 22.0 Å². The first kappa shape index (κ1) is 31.0. The summed E-state index contributed by atoms with van der Waals surface area (Å²) < 4.78 is 5.13. The van der Waals surface area contributed by atoms with E-state index >= 15 is 0 Å².